The fraction of sp³-hybridized carbons (Fsp3) is 0.458. The van der Waals surface area contributed by atoms with Crippen LogP contribution in [0.1, 0.15) is 57.1 Å². The molecule has 0 aliphatic heterocycles. The summed E-state index contributed by atoms with van der Waals surface area (Å²) in [5.41, 5.74) is 3.71. The van der Waals surface area contributed by atoms with Gasteiger partial charge in [-0.1, -0.05) is 57.7 Å². The lowest BCUT2D eigenvalue weighted by molar-refractivity contribution is -0.0976. The number of allylic oxidation sites excluding steroid dienone is 4. The molecule has 1 atom stereocenters. The monoisotopic (exact) mass is 404 g/mol. The van der Waals surface area contributed by atoms with Crippen LogP contribution in [0.2, 0.25) is 0 Å². The first-order chi connectivity index (χ1) is 13.8. The van der Waals surface area contributed by atoms with Gasteiger partial charge in [-0.2, -0.15) is 13.2 Å². The van der Waals surface area contributed by atoms with Crippen molar-refractivity contribution in [2.24, 2.45) is 10.9 Å². The average Bonchev–Trinajstić information content (AvgIpc) is 2.69. The Balaban J connectivity index is 2.19. The molecule has 1 aromatic carbocycles. The van der Waals surface area contributed by atoms with Crippen LogP contribution in [0.25, 0.3) is 0 Å². The Kier molecular flexibility index (Phi) is 8.30. The smallest absolute Gasteiger partial charge is 0.379 e. The minimum atomic E-state index is -4.30. The van der Waals surface area contributed by atoms with E-state index in [0.29, 0.717) is 31.0 Å². The van der Waals surface area contributed by atoms with Gasteiger partial charge in [0.05, 0.1) is 12.2 Å². The van der Waals surface area contributed by atoms with Crippen molar-refractivity contribution in [2.45, 2.75) is 58.5 Å². The van der Waals surface area contributed by atoms with Crippen LogP contribution in [-0.2, 0) is 6.42 Å². The molecule has 1 aromatic rings. The van der Waals surface area contributed by atoms with Crippen molar-refractivity contribution in [1.29, 1.82) is 0 Å². The van der Waals surface area contributed by atoms with Crippen LogP contribution in [0.4, 0.5) is 18.9 Å². The molecule has 2 nitrogen and oxygen atoms in total. The first kappa shape index (κ1) is 23.0. The lowest BCUT2D eigenvalue weighted by atomic mass is 9.88. The first-order valence-electron chi connectivity index (χ1n) is 10.3. The molecule has 158 valence electrons. The molecule has 1 N–H and O–H groups in total. The van der Waals surface area contributed by atoms with Crippen molar-refractivity contribution in [2.75, 3.05) is 11.9 Å². The molecule has 0 radical (unpaired) electrons. The molecule has 5 heteroatoms. The molecule has 1 aliphatic rings. The second-order valence-electron chi connectivity index (χ2n) is 7.61. The summed E-state index contributed by atoms with van der Waals surface area (Å²) < 4.78 is 39.8. The molecule has 1 aliphatic carbocycles. The number of halogens is 3. The van der Waals surface area contributed by atoms with E-state index in [1.807, 2.05) is 0 Å². The zero-order valence-electron chi connectivity index (χ0n) is 17.5. The van der Waals surface area contributed by atoms with Crippen LogP contribution in [0.15, 0.2) is 59.3 Å². The number of anilines is 1. The molecule has 0 bridgehead atoms. The topological polar surface area (TPSA) is 24.4 Å². The highest BCUT2D eigenvalue weighted by Gasteiger charge is 2.38. The van der Waals surface area contributed by atoms with Crippen molar-refractivity contribution in [3.8, 4) is 0 Å². The predicted octanol–water partition coefficient (Wildman–Crippen LogP) is 7.21. The minimum Gasteiger partial charge on any atom is -0.379 e. The summed E-state index contributed by atoms with van der Waals surface area (Å²) >= 11 is 0. The van der Waals surface area contributed by atoms with Gasteiger partial charge >= 0.3 is 6.18 Å². The second-order valence-corrected chi connectivity index (χ2v) is 7.61. The van der Waals surface area contributed by atoms with Gasteiger partial charge < -0.3 is 5.32 Å². The lowest BCUT2D eigenvalue weighted by Gasteiger charge is -2.23. The van der Waals surface area contributed by atoms with E-state index in [1.54, 1.807) is 12.2 Å². The molecule has 0 heterocycles. The Bertz CT molecular complexity index is 786. The highest BCUT2D eigenvalue weighted by Crippen LogP contribution is 2.36. The van der Waals surface area contributed by atoms with Gasteiger partial charge in [0.1, 0.15) is 0 Å². The van der Waals surface area contributed by atoms with Crippen LogP contribution in [0.5, 0.6) is 0 Å². The number of aliphatic imine (C=N–C) groups is 1. The van der Waals surface area contributed by atoms with Gasteiger partial charge in [-0.25, -0.2) is 0 Å². The van der Waals surface area contributed by atoms with Crippen molar-refractivity contribution < 1.29 is 13.2 Å². The van der Waals surface area contributed by atoms with Crippen molar-refractivity contribution >= 4 is 11.9 Å². The number of hydrogen-bond acceptors (Lipinski definition) is 2. The van der Waals surface area contributed by atoms with Gasteiger partial charge in [-0.05, 0) is 48.8 Å². The zero-order chi connectivity index (χ0) is 21.4. The molecule has 2 rings (SSSR count). The standard InChI is InChI=1S/C24H31F3N2/c1-5-10-20(28-15-19-11-7-8-14-22(19)24(25,26)27)16-29-23-18(6-2)12-9-13-21(23)17(3)4/h5,9-10,12-15,17,19,29H,1,6-8,11,16H2,2-4H3/b20-10-,28-15?. The first-order valence-corrected chi connectivity index (χ1v) is 10.3. The lowest BCUT2D eigenvalue weighted by Crippen LogP contribution is -2.23. The third-order valence-corrected chi connectivity index (χ3v) is 5.17. The van der Waals surface area contributed by atoms with Gasteiger partial charge in [0.25, 0.3) is 0 Å². The van der Waals surface area contributed by atoms with E-state index in [-0.39, 0.29) is 0 Å². The summed E-state index contributed by atoms with van der Waals surface area (Å²) in [6.45, 7) is 10.5. The summed E-state index contributed by atoms with van der Waals surface area (Å²) in [7, 11) is 0. The molecular formula is C24H31F3N2. The van der Waals surface area contributed by atoms with E-state index < -0.39 is 17.7 Å². The summed E-state index contributed by atoms with van der Waals surface area (Å²) in [5, 5.41) is 3.46. The van der Waals surface area contributed by atoms with E-state index in [0.717, 1.165) is 18.5 Å². The maximum Gasteiger partial charge on any atom is 0.413 e. The molecule has 0 saturated heterocycles. The van der Waals surface area contributed by atoms with Crippen molar-refractivity contribution in [1.82, 2.24) is 0 Å². The number of nitrogens with zero attached hydrogens (tertiary/aromatic N) is 1. The van der Waals surface area contributed by atoms with Crippen molar-refractivity contribution in [3.05, 3.63) is 65.4 Å². The largest absolute Gasteiger partial charge is 0.413 e. The number of para-hydroxylation sites is 1. The van der Waals surface area contributed by atoms with Crippen molar-refractivity contribution in [3.63, 3.8) is 0 Å². The highest BCUT2D eigenvalue weighted by molar-refractivity contribution is 5.68. The van der Waals surface area contributed by atoms with Gasteiger partial charge in [-0.15, -0.1) is 0 Å². The number of nitrogens with one attached hydrogen (secondary N) is 1. The van der Waals surface area contributed by atoms with E-state index >= 15 is 0 Å². The number of rotatable bonds is 8. The Labute approximate surface area is 172 Å². The van der Waals surface area contributed by atoms with Gasteiger partial charge in [-0.3, -0.25) is 4.99 Å². The highest BCUT2D eigenvalue weighted by atomic mass is 19.4. The summed E-state index contributed by atoms with van der Waals surface area (Å²) in [5.74, 6) is -0.327. The van der Waals surface area contributed by atoms with Gasteiger partial charge in [0.2, 0.25) is 0 Å². The minimum absolute atomic E-state index is 0.362. The molecule has 1 unspecified atom stereocenters. The molecule has 0 fully saturated rings. The van der Waals surface area contributed by atoms with E-state index in [4.69, 9.17) is 0 Å². The average molecular weight is 405 g/mol. The van der Waals surface area contributed by atoms with Gasteiger partial charge in [0.15, 0.2) is 0 Å². The molecular weight excluding hydrogens is 373 g/mol. The quantitative estimate of drug-likeness (QED) is 0.276. The Morgan fingerprint density at radius 3 is 2.72 bits per heavy atom. The van der Waals surface area contributed by atoms with Crippen LogP contribution < -0.4 is 5.32 Å². The van der Waals surface area contributed by atoms with E-state index in [2.05, 4.69) is 55.9 Å². The normalized spacial score (nSPS) is 18.2. The third-order valence-electron chi connectivity index (χ3n) is 5.17. The second kappa shape index (κ2) is 10.5. The fourth-order valence-electron chi connectivity index (χ4n) is 3.64. The van der Waals surface area contributed by atoms with Crippen LogP contribution >= 0.6 is 0 Å². The predicted molar refractivity (Wildman–Crippen MR) is 117 cm³/mol. The molecule has 0 aromatic heterocycles. The maximum absolute atomic E-state index is 13.3. The van der Waals surface area contributed by atoms with E-state index in [1.165, 1.54) is 23.4 Å². The van der Waals surface area contributed by atoms with Crippen LogP contribution in [-0.4, -0.2) is 18.9 Å². The number of aryl methyl sites for hydroxylation is 1. The zero-order valence-corrected chi connectivity index (χ0v) is 17.5. The molecule has 29 heavy (non-hydrogen) atoms. The van der Waals surface area contributed by atoms with Crippen LogP contribution in [0, 0.1) is 5.92 Å². The summed E-state index contributed by atoms with van der Waals surface area (Å²) in [6, 6.07) is 6.26. The number of alkyl halides is 3. The SMILES string of the molecule is C=C/C=C(/CNc1c(CC)cccc1C(C)C)N=CC1CCCC=C1C(F)(F)F. The molecule has 0 amide bonds. The Morgan fingerprint density at radius 1 is 1.34 bits per heavy atom. The fourth-order valence-corrected chi connectivity index (χ4v) is 3.64. The van der Waals surface area contributed by atoms with Gasteiger partial charge in [0, 0.05) is 23.4 Å². The Hall–Kier alpha value is -2.30. The molecule has 0 spiro atoms. The summed E-state index contributed by atoms with van der Waals surface area (Å²) in [4.78, 5) is 4.41. The maximum atomic E-state index is 13.3. The summed E-state index contributed by atoms with van der Waals surface area (Å²) in [6.07, 6.45) is 4.40. The Morgan fingerprint density at radius 2 is 2.10 bits per heavy atom. The number of benzene rings is 1. The van der Waals surface area contributed by atoms with E-state index in [9.17, 15) is 13.2 Å². The third kappa shape index (κ3) is 6.34. The van der Waals surface area contributed by atoms with Crippen LogP contribution in [0.3, 0.4) is 0 Å². The number of hydrogen-bond donors (Lipinski definition) is 1. The molecule has 0 saturated carbocycles.